The molecule has 0 fully saturated rings. The van der Waals surface area contributed by atoms with Gasteiger partial charge in [0.1, 0.15) is 5.60 Å². The molecule has 15 heavy (non-hydrogen) atoms. The molecule has 0 bridgehead atoms. The molecule has 0 aromatic rings. The predicted molar refractivity (Wildman–Crippen MR) is 64.0 cm³/mol. The van der Waals surface area contributed by atoms with Gasteiger partial charge in [0.15, 0.2) is 5.78 Å². The molecule has 0 N–H and O–H groups in total. The van der Waals surface area contributed by atoms with Crippen LogP contribution in [0.2, 0.25) is 0 Å². The highest BCUT2D eigenvalue weighted by molar-refractivity contribution is 5.86. The van der Waals surface area contributed by atoms with E-state index in [4.69, 9.17) is 4.74 Å². The number of Topliss-reactive ketones (excluding diaryl/α,β-unsaturated/α-hetero) is 1. The minimum atomic E-state index is -0.555. The van der Waals surface area contributed by atoms with Crippen molar-refractivity contribution in [2.75, 3.05) is 6.61 Å². The molecular weight excluding hydrogens is 188 g/mol. The first-order valence-corrected chi connectivity index (χ1v) is 6.13. The SMILES string of the molecule is CCCOC(C)(CC(C)C)C(=O)CCC. The number of carbonyl (C=O) groups is 1. The van der Waals surface area contributed by atoms with Crippen molar-refractivity contribution < 1.29 is 9.53 Å². The smallest absolute Gasteiger partial charge is 0.164 e. The van der Waals surface area contributed by atoms with Crippen molar-refractivity contribution in [2.45, 2.75) is 65.9 Å². The molecule has 0 amide bonds. The molecule has 0 aromatic heterocycles. The molecule has 0 heterocycles. The Morgan fingerprint density at radius 1 is 1.27 bits per heavy atom. The Morgan fingerprint density at radius 3 is 2.27 bits per heavy atom. The summed E-state index contributed by atoms with van der Waals surface area (Å²) in [6.45, 7) is 11.0. The summed E-state index contributed by atoms with van der Waals surface area (Å²) in [7, 11) is 0. The highest BCUT2D eigenvalue weighted by Gasteiger charge is 2.33. The molecule has 0 rings (SSSR count). The molecule has 0 aromatic carbocycles. The molecule has 0 spiro atoms. The van der Waals surface area contributed by atoms with E-state index in [1.54, 1.807) is 0 Å². The van der Waals surface area contributed by atoms with Gasteiger partial charge < -0.3 is 4.74 Å². The van der Waals surface area contributed by atoms with Gasteiger partial charge in [0.2, 0.25) is 0 Å². The molecule has 2 nitrogen and oxygen atoms in total. The zero-order valence-electron chi connectivity index (χ0n) is 10.9. The largest absolute Gasteiger partial charge is 0.368 e. The summed E-state index contributed by atoms with van der Waals surface area (Å²) >= 11 is 0. The monoisotopic (exact) mass is 214 g/mol. The molecule has 0 aliphatic heterocycles. The summed E-state index contributed by atoms with van der Waals surface area (Å²) in [6, 6.07) is 0. The van der Waals surface area contributed by atoms with E-state index in [2.05, 4.69) is 20.8 Å². The average Bonchev–Trinajstić information content (AvgIpc) is 2.14. The number of carbonyl (C=O) groups excluding carboxylic acids is 1. The Balaban J connectivity index is 4.45. The lowest BCUT2D eigenvalue weighted by Crippen LogP contribution is -2.40. The van der Waals surface area contributed by atoms with Gasteiger partial charge in [-0.25, -0.2) is 0 Å². The van der Waals surface area contributed by atoms with Crippen LogP contribution in [-0.2, 0) is 9.53 Å². The van der Waals surface area contributed by atoms with Crippen molar-refractivity contribution in [3.8, 4) is 0 Å². The first-order chi connectivity index (χ1) is 6.96. The summed E-state index contributed by atoms with van der Waals surface area (Å²) in [5.41, 5.74) is -0.555. The zero-order chi connectivity index (χ0) is 11.9. The highest BCUT2D eigenvalue weighted by atomic mass is 16.5. The fourth-order valence-corrected chi connectivity index (χ4v) is 1.85. The Hall–Kier alpha value is -0.370. The molecule has 0 aliphatic carbocycles. The summed E-state index contributed by atoms with van der Waals surface area (Å²) in [4.78, 5) is 12.0. The fourth-order valence-electron chi connectivity index (χ4n) is 1.85. The maximum atomic E-state index is 12.0. The van der Waals surface area contributed by atoms with Crippen molar-refractivity contribution in [3.63, 3.8) is 0 Å². The number of hydrogen-bond acceptors (Lipinski definition) is 2. The van der Waals surface area contributed by atoms with Crippen LogP contribution in [0, 0.1) is 5.92 Å². The zero-order valence-corrected chi connectivity index (χ0v) is 10.9. The van der Waals surface area contributed by atoms with Gasteiger partial charge in [-0.15, -0.1) is 0 Å². The molecule has 1 atom stereocenters. The molecule has 0 saturated carbocycles. The third kappa shape index (κ3) is 5.31. The molecule has 0 saturated heterocycles. The van der Waals surface area contributed by atoms with E-state index in [1.807, 2.05) is 13.8 Å². The second-order valence-corrected chi connectivity index (χ2v) is 4.85. The molecule has 90 valence electrons. The van der Waals surface area contributed by atoms with Gasteiger partial charge in [0, 0.05) is 13.0 Å². The number of hydrogen-bond donors (Lipinski definition) is 0. The van der Waals surface area contributed by atoms with Crippen LogP contribution in [-0.4, -0.2) is 18.0 Å². The predicted octanol–water partition coefficient (Wildman–Crippen LogP) is 3.59. The van der Waals surface area contributed by atoms with Gasteiger partial charge in [-0.05, 0) is 32.1 Å². The molecule has 1 unspecified atom stereocenters. The summed E-state index contributed by atoms with van der Waals surface area (Å²) in [5, 5.41) is 0. The second-order valence-electron chi connectivity index (χ2n) is 4.85. The maximum Gasteiger partial charge on any atom is 0.164 e. The number of ketones is 1. The fraction of sp³-hybridized carbons (Fsp3) is 0.923. The quantitative estimate of drug-likeness (QED) is 0.617. The topological polar surface area (TPSA) is 26.3 Å². The normalized spacial score (nSPS) is 15.3. The second kappa shape index (κ2) is 7.00. The van der Waals surface area contributed by atoms with E-state index in [0.717, 1.165) is 19.3 Å². The number of rotatable bonds is 8. The average molecular weight is 214 g/mol. The summed E-state index contributed by atoms with van der Waals surface area (Å²) < 4.78 is 5.75. The summed E-state index contributed by atoms with van der Waals surface area (Å²) in [5.74, 6) is 0.750. The lowest BCUT2D eigenvalue weighted by atomic mass is 9.88. The first-order valence-electron chi connectivity index (χ1n) is 6.13. The van der Waals surface area contributed by atoms with E-state index in [0.29, 0.717) is 18.9 Å². The molecule has 2 heteroatoms. The van der Waals surface area contributed by atoms with Crippen LogP contribution >= 0.6 is 0 Å². The maximum absolute atomic E-state index is 12.0. The van der Waals surface area contributed by atoms with Crippen LogP contribution in [0.4, 0.5) is 0 Å². The Kier molecular flexibility index (Phi) is 6.82. The van der Waals surface area contributed by atoms with Gasteiger partial charge in [-0.1, -0.05) is 27.7 Å². The van der Waals surface area contributed by atoms with E-state index in [-0.39, 0.29) is 5.78 Å². The number of ether oxygens (including phenoxy) is 1. The van der Waals surface area contributed by atoms with Crippen LogP contribution in [0.5, 0.6) is 0 Å². The van der Waals surface area contributed by atoms with Gasteiger partial charge in [-0.2, -0.15) is 0 Å². The van der Waals surface area contributed by atoms with Crippen LogP contribution in [0.15, 0.2) is 0 Å². The third-order valence-electron chi connectivity index (χ3n) is 2.49. The van der Waals surface area contributed by atoms with Crippen molar-refractivity contribution in [3.05, 3.63) is 0 Å². The minimum Gasteiger partial charge on any atom is -0.368 e. The summed E-state index contributed by atoms with van der Waals surface area (Å²) in [6.07, 6.45) is 3.33. The third-order valence-corrected chi connectivity index (χ3v) is 2.49. The van der Waals surface area contributed by atoms with Crippen LogP contribution < -0.4 is 0 Å². The van der Waals surface area contributed by atoms with Crippen molar-refractivity contribution in [1.29, 1.82) is 0 Å². The Bertz CT molecular complexity index is 187. The van der Waals surface area contributed by atoms with Crippen LogP contribution in [0.25, 0.3) is 0 Å². The molecule has 0 radical (unpaired) electrons. The molecule has 0 aliphatic rings. The lowest BCUT2D eigenvalue weighted by molar-refractivity contribution is -0.144. The van der Waals surface area contributed by atoms with Crippen LogP contribution in [0.1, 0.15) is 60.3 Å². The lowest BCUT2D eigenvalue weighted by Gasteiger charge is -2.30. The van der Waals surface area contributed by atoms with E-state index in [9.17, 15) is 4.79 Å². The molecular formula is C13H26O2. The Morgan fingerprint density at radius 2 is 1.87 bits per heavy atom. The minimum absolute atomic E-state index is 0.257. The first kappa shape index (κ1) is 14.6. The van der Waals surface area contributed by atoms with Crippen molar-refractivity contribution in [2.24, 2.45) is 5.92 Å². The highest BCUT2D eigenvalue weighted by Crippen LogP contribution is 2.24. The van der Waals surface area contributed by atoms with E-state index >= 15 is 0 Å². The van der Waals surface area contributed by atoms with Crippen LogP contribution in [0.3, 0.4) is 0 Å². The van der Waals surface area contributed by atoms with Gasteiger partial charge in [0.05, 0.1) is 0 Å². The van der Waals surface area contributed by atoms with Gasteiger partial charge in [0.25, 0.3) is 0 Å². The van der Waals surface area contributed by atoms with Crippen molar-refractivity contribution >= 4 is 5.78 Å². The van der Waals surface area contributed by atoms with Gasteiger partial charge >= 0.3 is 0 Å². The van der Waals surface area contributed by atoms with Crippen molar-refractivity contribution in [1.82, 2.24) is 0 Å². The van der Waals surface area contributed by atoms with E-state index in [1.165, 1.54) is 0 Å². The van der Waals surface area contributed by atoms with E-state index < -0.39 is 5.60 Å². The van der Waals surface area contributed by atoms with Gasteiger partial charge in [-0.3, -0.25) is 4.79 Å². The standard InChI is InChI=1S/C13H26O2/c1-6-8-12(14)13(5,10-11(3)4)15-9-7-2/h11H,6-10H2,1-5H3. The Labute approximate surface area is 94.4 Å².